The number of methoxy groups -OCH3 is 1. The first-order valence-electron chi connectivity index (χ1n) is 3.14. The topological polar surface area (TPSA) is 67.8 Å². The smallest absolute Gasteiger partial charge is 0.434 e. The molecule has 5 heteroatoms. The summed E-state index contributed by atoms with van der Waals surface area (Å²) in [6, 6.07) is 0. The van der Waals surface area contributed by atoms with Crippen molar-refractivity contribution in [1.82, 2.24) is 5.32 Å². The fourth-order valence-corrected chi connectivity index (χ4v) is 0.320. The zero-order valence-electron chi connectivity index (χ0n) is 6.96. The molecule has 0 fully saturated rings. The Balaban J connectivity index is 3.83. The van der Waals surface area contributed by atoms with E-state index in [1.807, 2.05) is 0 Å². The van der Waals surface area contributed by atoms with Gasteiger partial charge in [-0.2, -0.15) is 4.99 Å². The largest absolute Gasteiger partial charge is 0.451 e. The van der Waals surface area contributed by atoms with Gasteiger partial charge in [0.05, 0.1) is 7.11 Å². The lowest BCUT2D eigenvalue weighted by Gasteiger charge is -1.95. The molecular weight excluding hydrogens is 160 g/mol. The van der Waals surface area contributed by atoms with E-state index in [2.05, 4.69) is 21.6 Å². The van der Waals surface area contributed by atoms with Crippen molar-refractivity contribution in [2.45, 2.75) is 6.92 Å². The van der Waals surface area contributed by atoms with E-state index < -0.39 is 6.09 Å². The first-order valence-corrected chi connectivity index (χ1v) is 3.14. The highest BCUT2D eigenvalue weighted by Crippen LogP contribution is 1.83. The first kappa shape index (κ1) is 10.3. The van der Waals surface area contributed by atoms with Gasteiger partial charge in [0.1, 0.15) is 6.34 Å². The lowest BCUT2D eigenvalue weighted by Crippen LogP contribution is -2.22. The van der Waals surface area contributed by atoms with E-state index in [0.717, 1.165) is 6.34 Å². The van der Waals surface area contributed by atoms with Crippen molar-refractivity contribution in [2.75, 3.05) is 7.11 Å². The Labute approximate surface area is 70.1 Å². The summed E-state index contributed by atoms with van der Waals surface area (Å²) in [5, 5.41) is 2.22. The number of rotatable bonds is 2. The van der Waals surface area contributed by atoms with Gasteiger partial charge in [-0.3, -0.25) is 4.79 Å². The molecule has 0 rings (SSSR count). The zero-order valence-corrected chi connectivity index (χ0v) is 6.96. The highest BCUT2D eigenvalue weighted by atomic mass is 16.5. The third-order valence-corrected chi connectivity index (χ3v) is 0.928. The Morgan fingerprint density at radius 3 is 2.58 bits per heavy atom. The van der Waals surface area contributed by atoms with Crippen LogP contribution in [-0.2, 0) is 9.53 Å². The Kier molecular flexibility index (Phi) is 4.36. The molecule has 0 saturated heterocycles. The maximum Gasteiger partial charge on any atom is 0.434 e. The van der Waals surface area contributed by atoms with Crippen LogP contribution in [0.15, 0.2) is 17.1 Å². The van der Waals surface area contributed by atoms with Crippen molar-refractivity contribution >= 4 is 18.3 Å². The lowest BCUT2D eigenvalue weighted by atomic mass is 10.3. The minimum Gasteiger partial charge on any atom is -0.451 e. The van der Waals surface area contributed by atoms with Gasteiger partial charge in [-0.05, 0) is 6.92 Å². The SMILES string of the molecule is C=C(C)C(=O)NC=NC(=O)OC. The van der Waals surface area contributed by atoms with Crippen molar-refractivity contribution in [3.05, 3.63) is 12.2 Å². The Morgan fingerprint density at radius 1 is 1.58 bits per heavy atom. The summed E-state index contributed by atoms with van der Waals surface area (Å²) in [6.45, 7) is 4.93. The van der Waals surface area contributed by atoms with Crippen molar-refractivity contribution in [2.24, 2.45) is 4.99 Å². The van der Waals surface area contributed by atoms with Gasteiger partial charge in [0.2, 0.25) is 0 Å². The van der Waals surface area contributed by atoms with Crippen LogP contribution in [0.25, 0.3) is 0 Å². The molecule has 12 heavy (non-hydrogen) atoms. The van der Waals surface area contributed by atoms with E-state index in [-0.39, 0.29) is 5.91 Å². The third kappa shape index (κ3) is 4.21. The van der Waals surface area contributed by atoms with Gasteiger partial charge < -0.3 is 10.1 Å². The highest BCUT2D eigenvalue weighted by molar-refractivity contribution is 6.00. The number of carbonyl (C=O) groups excluding carboxylic acids is 2. The molecule has 0 aromatic rings. The number of nitrogens with zero attached hydrogens (tertiary/aromatic N) is 1. The van der Waals surface area contributed by atoms with E-state index in [9.17, 15) is 9.59 Å². The maximum atomic E-state index is 10.8. The Bertz CT molecular complexity index is 233. The van der Waals surface area contributed by atoms with Crippen LogP contribution in [0.2, 0.25) is 0 Å². The molecule has 0 heterocycles. The molecule has 5 nitrogen and oxygen atoms in total. The van der Waals surface area contributed by atoms with E-state index in [0.29, 0.717) is 5.57 Å². The monoisotopic (exact) mass is 170 g/mol. The van der Waals surface area contributed by atoms with Gasteiger partial charge in [-0.25, -0.2) is 4.79 Å². The average molecular weight is 170 g/mol. The minimum atomic E-state index is -0.767. The predicted molar refractivity (Wildman–Crippen MR) is 43.9 cm³/mol. The van der Waals surface area contributed by atoms with E-state index in [1.165, 1.54) is 7.11 Å². The number of ether oxygens (including phenoxy) is 1. The second-order valence-electron chi connectivity index (χ2n) is 1.98. The van der Waals surface area contributed by atoms with Gasteiger partial charge in [0, 0.05) is 5.57 Å². The second kappa shape index (κ2) is 5.06. The summed E-state index contributed by atoms with van der Waals surface area (Å²) in [4.78, 5) is 24.3. The number of carbonyl (C=O) groups is 2. The summed E-state index contributed by atoms with van der Waals surface area (Å²) in [5.74, 6) is -0.386. The molecule has 0 atom stereocenters. The van der Waals surface area contributed by atoms with Crippen LogP contribution < -0.4 is 5.32 Å². The molecule has 0 aromatic carbocycles. The summed E-state index contributed by atoms with van der Waals surface area (Å²) in [6.07, 6.45) is 0.195. The molecule has 0 aliphatic heterocycles. The Morgan fingerprint density at radius 2 is 2.17 bits per heavy atom. The van der Waals surface area contributed by atoms with Crippen LogP contribution in [0.5, 0.6) is 0 Å². The molecule has 0 aromatic heterocycles. The molecule has 66 valence electrons. The van der Waals surface area contributed by atoms with Crippen molar-refractivity contribution in [3.63, 3.8) is 0 Å². The van der Waals surface area contributed by atoms with Gasteiger partial charge in [0.25, 0.3) is 5.91 Å². The van der Waals surface area contributed by atoms with Gasteiger partial charge in [0.15, 0.2) is 0 Å². The number of hydrogen-bond acceptors (Lipinski definition) is 3. The maximum absolute atomic E-state index is 10.8. The average Bonchev–Trinajstić information content (AvgIpc) is 2.03. The molecular formula is C7H10N2O3. The second-order valence-corrected chi connectivity index (χ2v) is 1.98. The standard InChI is InChI=1S/C7H10N2O3/c1-5(2)6(10)8-4-9-7(11)12-3/h4H,1H2,2-3H3,(H,8,9,10,11). The quantitative estimate of drug-likeness (QED) is 0.372. The number of hydrogen-bond donors (Lipinski definition) is 1. The number of aliphatic imine (C=N–C) groups is 1. The van der Waals surface area contributed by atoms with Crippen LogP contribution in [0.4, 0.5) is 4.79 Å². The van der Waals surface area contributed by atoms with E-state index in [1.54, 1.807) is 6.92 Å². The van der Waals surface area contributed by atoms with Crippen LogP contribution >= 0.6 is 0 Å². The lowest BCUT2D eigenvalue weighted by molar-refractivity contribution is -0.116. The highest BCUT2D eigenvalue weighted by Gasteiger charge is 1.97. The molecule has 0 bridgehead atoms. The van der Waals surface area contributed by atoms with Crippen LogP contribution in [-0.4, -0.2) is 25.4 Å². The molecule has 1 N–H and O–H groups in total. The molecule has 0 spiro atoms. The fraction of sp³-hybridized carbons (Fsp3) is 0.286. The van der Waals surface area contributed by atoms with Crippen molar-refractivity contribution in [3.8, 4) is 0 Å². The summed E-state index contributed by atoms with van der Waals surface area (Å²) in [7, 11) is 1.19. The summed E-state index contributed by atoms with van der Waals surface area (Å²) < 4.78 is 4.18. The molecule has 0 radical (unpaired) electrons. The van der Waals surface area contributed by atoms with Crippen LogP contribution in [0, 0.1) is 0 Å². The summed E-state index contributed by atoms with van der Waals surface area (Å²) in [5.41, 5.74) is 0.339. The number of nitrogens with one attached hydrogen (secondary N) is 1. The van der Waals surface area contributed by atoms with Crippen LogP contribution in [0.3, 0.4) is 0 Å². The molecule has 0 aliphatic carbocycles. The number of amides is 2. The Hall–Kier alpha value is -1.65. The normalized spacial score (nSPS) is 9.50. The van der Waals surface area contributed by atoms with Crippen LogP contribution in [0.1, 0.15) is 6.92 Å². The van der Waals surface area contributed by atoms with Gasteiger partial charge >= 0.3 is 6.09 Å². The van der Waals surface area contributed by atoms with E-state index >= 15 is 0 Å². The minimum absolute atomic E-state index is 0.339. The first-order chi connectivity index (χ1) is 5.57. The summed E-state index contributed by atoms with van der Waals surface area (Å²) >= 11 is 0. The van der Waals surface area contributed by atoms with Crippen molar-refractivity contribution < 1.29 is 14.3 Å². The third-order valence-electron chi connectivity index (χ3n) is 0.928. The molecule has 0 aliphatic rings. The zero-order chi connectivity index (χ0) is 9.56. The molecule has 0 saturated carbocycles. The molecule has 0 unspecified atom stereocenters. The van der Waals surface area contributed by atoms with Gasteiger partial charge in [-0.1, -0.05) is 6.58 Å². The molecule has 2 amide bonds. The fourth-order valence-electron chi connectivity index (χ4n) is 0.320. The van der Waals surface area contributed by atoms with E-state index in [4.69, 9.17) is 0 Å². The predicted octanol–water partition coefficient (Wildman–Crippen LogP) is 0.473. The van der Waals surface area contributed by atoms with Crippen molar-refractivity contribution in [1.29, 1.82) is 0 Å². The van der Waals surface area contributed by atoms with Gasteiger partial charge in [-0.15, -0.1) is 0 Å².